The number of carbonyl (C=O) groups excluding carboxylic acids is 1. The fourth-order valence-electron chi connectivity index (χ4n) is 1.41. The Kier molecular flexibility index (Phi) is 5.48. The van der Waals surface area contributed by atoms with E-state index in [1.54, 1.807) is 13.2 Å². The molecule has 0 radical (unpaired) electrons. The molecule has 1 amide bonds. The highest BCUT2D eigenvalue weighted by Crippen LogP contribution is 2.18. The van der Waals surface area contributed by atoms with Gasteiger partial charge in [-0.2, -0.15) is 0 Å². The molecule has 4 heteroatoms. The van der Waals surface area contributed by atoms with E-state index in [0.29, 0.717) is 16.9 Å². The summed E-state index contributed by atoms with van der Waals surface area (Å²) in [7, 11) is 1.61. The maximum atomic E-state index is 11.9. The van der Waals surface area contributed by atoms with Gasteiger partial charge < -0.3 is 10.1 Å². The minimum atomic E-state index is -0.0683. The number of nitrogens with one attached hydrogen (secondary N) is 1. The van der Waals surface area contributed by atoms with Crippen molar-refractivity contribution in [3.05, 3.63) is 29.3 Å². The topological polar surface area (TPSA) is 38.3 Å². The van der Waals surface area contributed by atoms with Crippen molar-refractivity contribution in [3.63, 3.8) is 0 Å². The van der Waals surface area contributed by atoms with Crippen LogP contribution < -0.4 is 10.1 Å². The first-order chi connectivity index (χ1) is 8.08. The number of rotatable bonds is 5. The van der Waals surface area contributed by atoms with Gasteiger partial charge in [0.15, 0.2) is 0 Å². The number of hydrogen-bond donors (Lipinski definition) is 1. The van der Waals surface area contributed by atoms with Crippen LogP contribution in [-0.4, -0.2) is 24.4 Å². The fraction of sp³-hybridized carbons (Fsp3) is 0.462. The number of halogens is 1. The summed E-state index contributed by atoms with van der Waals surface area (Å²) in [5, 5.41) is 2.88. The third kappa shape index (κ3) is 4.04. The molecule has 1 aromatic carbocycles. The second kappa shape index (κ2) is 6.64. The van der Waals surface area contributed by atoms with Gasteiger partial charge in [-0.25, -0.2) is 0 Å². The molecular weight excluding hydrogens is 282 g/mol. The molecule has 17 heavy (non-hydrogen) atoms. The van der Waals surface area contributed by atoms with Crippen LogP contribution in [0, 0.1) is 6.92 Å². The Bertz CT molecular complexity index is 393. The predicted molar refractivity (Wildman–Crippen MR) is 73.1 cm³/mol. The van der Waals surface area contributed by atoms with Gasteiger partial charge in [0.1, 0.15) is 5.75 Å². The van der Waals surface area contributed by atoms with E-state index < -0.39 is 0 Å². The Labute approximate surface area is 111 Å². The molecule has 0 aliphatic heterocycles. The van der Waals surface area contributed by atoms with E-state index in [0.717, 1.165) is 17.7 Å². The van der Waals surface area contributed by atoms with Crippen molar-refractivity contribution >= 4 is 21.8 Å². The summed E-state index contributed by atoms with van der Waals surface area (Å²) >= 11 is 3.48. The third-order valence-electron chi connectivity index (χ3n) is 2.60. The lowest BCUT2D eigenvalue weighted by atomic mass is 10.1. The lowest BCUT2D eigenvalue weighted by Crippen LogP contribution is -2.29. The molecule has 0 spiro atoms. The summed E-state index contributed by atoms with van der Waals surface area (Å²) in [5.74, 6) is 0.671. The zero-order valence-corrected chi connectivity index (χ0v) is 12.0. The molecule has 0 aromatic heterocycles. The fourth-order valence-corrected chi connectivity index (χ4v) is 1.57. The maximum absolute atomic E-state index is 11.9. The summed E-state index contributed by atoms with van der Waals surface area (Å²) in [5.41, 5.74) is 1.65. The van der Waals surface area contributed by atoms with Crippen molar-refractivity contribution < 1.29 is 9.53 Å². The average molecular weight is 300 g/mol. The summed E-state index contributed by atoms with van der Waals surface area (Å²) in [6, 6.07) is 5.46. The normalized spacial score (nSPS) is 12.0. The zero-order chi connectivity index (χ0) is 12.8. The van der Waals surface area contributed by atoms with E-state index in [1.807, 2.05) is 19.1 Å². The van der Waals surface area contributed by atoms with E-state index in [9.17, 15) is 4.79 Å². The van der Waals surface area contributed by atoms with Gasteiger partial charge in [0, 0.05) is 16.9 Å². The van der Waals surface area contributed by atoms with Crippen LogP contribution in [0.4, 0.5) is 0 Å². The van der Waals surface area contributed by atoms with Crippen LogP contribution in [0.15, 0.2) is 18.2 Å². The van der Waals surface area contributed by atoms with E-state index in [4.69, 9.17) is 4.74 Å². The minimum absolute atomic E-state index is 0.0683. The van der Waals surface area contributed by atoms with Gasteiger partial charge in [0.05, 0.1) is 7.11 Å². The average Bonchev–Trinajstić information content (AvgIpc) is 2.35. The molecule has 1 unspecified atom stereocenters. The Morgan fingerprint density at radius 2 is 2.24 bits per heavy atom. The largest absolute Gasteiger partial charge is 0.496 e. The molecule has 3 nitrogen and oxygen atoms in total. The van der Waals surface area contributed by atoms with Crippen LogP contribution in [0.1, 0.15) is 29.3 Å². The molecule has 1 N–H and O–H groups in total. The smallest absolute Gasteiger partial charge is 0.251 e. The van der Waals surface area contributed by atoms with Gasteiger partial charge in [-0.1, -0.05) is 28.9 Å². The maximum Gasteiger partial charge on any atom is 0.251 e. The first-order valence-corrected chi connectivity index (χ1v) is 6.57. The molecule has 1 aromatic rings. The third-order valence-corrected chi connectivity index (χ3v) is 3.57. The first kappa shape index (κ1) is 14.0. The van der Waals surface area contributed by atoms with Crippen molar-refractivity contribution in [2.45, 2.75) is 25.1 Å². The standard InChI is InChI=1S/C13H18BrNO2/c1-4-11(14)8-15-13(16)10-6-5-9(2)12(7-10)17-3/h5-7,11H,4,8H2,1-3H3,(H,15,16). The molecule has 0 fully saturated rings. The van der Waals surface area contributed by atoms with Crippen LogP contribution in [0.25, 0.3) is 0 Å². The molecule has 94 valence electrons. The molecule has 0 aliphatic carbocycles. The number of methoxy groups -OCH3 is 1. The van der Waals surface area contributed by atoms with Crippen molar-refractivity contribution in [1.82, 2.24) is 5.32 Å². The number of ether oxygens (including phenoxy) is 1. The van der Waals surface area contributed by atoms with Gasteiger partial charge in [0.25, 0.3) is 5.91 Å². The summed E-state index contributed by atoms with van der Waals surface area (Å²) in [4.78, 5) is 12.2. The second-order valence-corrected chi connectivity index (χ2v) is 5.19. The van der Waals surface area contributed by atoms with Crippen molar-refractivity contribution in [2.24, 2.45) is 0 Å². The monoisotopic (exact) mass is 299 g/mol. The summed E-state index contributed by atoms with van der Waals surface area (Å²) in [6.45, 7) is 4.65. The zero-order valence-electron chi connectivity index (χ0n) is 10.4. The minimum Gasteiger partial charge on any atom is -0.496 e. The number of carbonyl (C=O) groups is 1. The van der Waals surface area contributed by atoms with Gasteiger partial charge >= 0.3 is 0 Å². The van der Waals surface area contributed by atoms with Crippen LogP contribution in [0.3, 0.4) is 0 Å². The van der Waals surface area contributed by atoms with E-state index in [-0.39, 0.29) is 5.91 Å². The summed E-state index contributed by atoms with van der Waals surface area (Å²) < 4.78 is 5.19. The molecule has 1 rings (SSSR count). The molecule has 0 aliphatic rings. The Balaban J connectivity index is 2.69. The van der Waals surface area contributed by atoms with Crippen LogP contribution >= 0.6 is 15.9 Å². The Morgan fingerprint density at radius 1 is 1.53 bits per heavy atom. The Morgan fingerprint density at radius 3 is 2.82 bits per heavy atom. The highest BCUT2D eigenvalue weighted by molar-refractivity contribution is 9.09. The number of alkyl halides is 1. The predicted octanol–water partition coefficient (Wildman–Crippen LogP) is 2.91. The number of benzene rings is 1. The molecule has 0 bridgehead atoms. The van der Waals surface area contributed by atoms with Crippen LogP contribution in [-0.2, 0) is 0 Å². The van der Waals surface area contributed by atoms with Crippen molar-refractivity contribution in [1.29, 1.82) is 0 Å². The van der Waals surface area contributed by atoms with Gasteiger partial charge in [-0.05, 0) is 31.0 Å². The highest BCUT2D eigenvalue weighted by Gasteiger charge is 2.09. The number of aryl methyl sites for hydroxylation is 1. The van der Waals surface area contributed by atoms with Gasteiger partial charge in [-0.3, -0.25) is 4.79 Å². The molecule has 0 heterocycles. The molecule has 1 atom stereocenters. The number of hydrogen-bond acceptors (Lipinski definition) is 2. The van der Waals surface area contributed by atoms with Crippen LogP contribution in [0.5, 0.6) is 5.75 Å². The van der Waals surface area contributed by atoms with Crippen molar-refractivity contribution in [3.8, 4) is 5.75 Å². The van der Waals surface area contributed by atoms with E-state index >= 15 is 0 Å². The van der Waals surface area contributed by atoms with E-state index in [1.165, 1.54) is 0 Å². The highest BCUT2D eigenvalue weighted by atomic mass is 79.9. The quantitative estimate of drug-likeness (QED) is 0.849. The van der Waals surface area contributed by atoms with Gasteiger partial charge in [-0.15, -0.1) is 0 Å². The Hall–Kier alpha value is -1.03. The SMILES string of the molecule is CCC(Br)CNC(=O)c1ccc(C)c(OC)c1. The number of amides is 1. The molecular formula is C13H18BrNO2. The first-order valence-electron chi connectivity index (χ1n) is 5.65. The molecule has 0 saturated heterocycles. The molecule has 0 saturated carbocycles. The second-order valence-electron chi connectivity index (χ2n) is 3.90. The lowest BCUT2D eigenvalue weighted by Gasteiger charge is -2.10. The van der Waals surface area contributed by atoms with Gasteiger partial charge in [0.2, 0.25) is 0 Å². The van der Waals surface area contributed by atoms with E-state index in [2.05, 4.69) is 28.2 Å². The van der Waals surface area contributed by atoms with Crippen molar-refractivity contribution in [2.75, 3.05) is 13.7 Å². The van der Waals surface area contributed by atoms with Crippen LogP contribution in [0.2, 0.25) is 0 Å². The summed E-state index contributed by atoms with van der Waals surface area (Å²) in [6.07, 6.45) is 0.984. The lowest BCUT2D eigenvalue weighted by molar-refractivity contribution is 0.0953.